The lowest BCUT2D eigenvalue weighted by Crippen LogP contribution is -2.42. The fraction of sp³-hybridized carbons (Fsp3) is 0.467. The van der Waals surface area contributed by atoms with Crippen molar-refractivity contribution < 1.29 is 37.0 Å². The lowest BCUT2D eigenvalue weighted by atomic mass is 9.87. The third-order valence-corrected chi connectivity index (χ3v) is 8.15. The maximum atomic E-state index is 14.0. The van der Waals surface area contributed by atoms with Crippen LogP contribution in [0.3, 0.4) is 0 Å². The molecule has 1 fully saturated rings. The Hall–Kier alpha value is -3.14. The van der Waals surface area contributed by atoms with E-state index >= 15 is 0 Å². The highest BCUT2D eigenvalue weighted by molar-refractivity contribution is 8.18. The average molecular weight is 578 g/mol. The van der Waals surface area contributed by atoms with E-state index in [1.54, 1.807) is 0 Å². The average Bonchev–Trinajstić information content (AvgIpc) is 3.21. The fourth-order valence-electron chi connectivity index (χ4n) is 4.91. The van der Waals surface area contributed by atoms with Crippen LogP contribution in [0.15, 0.2) is 23.1 Å². The molecular formula is C30H34F3NO5S. The number of carbonyl (C=O) groups excluding carboxylic acids is 2. The molecule has 2 aliphatic rings. The van der Waals surface area contributed by atoms with Crippen LogP contribution in [0.4, 0.5) is 18.0 Å². The summed E-state index contributed by atoms with van der Waals surface area (Å²) in [4.78, 5) is 23.2. The van der Waals surface area contributed by atoms with E-state index in [0.717, 1.165) is 59.1 Å². The minimum absolute atomic E-state index is 0.0315. The number of carbonyl (C=O) groups is 2. The number of unbranched alkanes of at least 4 members (excludes halogenated alkanes) is 2. The number of amides is 2. The molecule has 2 aromatic rings. The molecule has 2 heterocycles. The van der Waals surface area contributed by atoms with Gasteiger partial charge in [-0.1, -0.05) is 25.8 Å². The summed E-state index contributed by atoms with van der Waals surface area (Å²) >= 11 is 0.643. The molecule has 10 heteroatoms. The lowest BCUT2D eigenvalue weighted by Gasteiger charge is -2.38. The summed E-state index contributed by atoms with van der Waals surface area (Å²) in [5, 5.41) is 1.52. The zero-order valence-corrected chi connectivity index (χ0v) is 24.2. The minimum atomic E-state index is -4.69. The van der Waals surface area contributed by atoms with Gasteiger partial charge >= 0.3 is 6.18 Å². The van der Waals surface area contributed by atoms with E-state index in [9.17, 15) is 22.8 Å². The van der Waals surface area contributed by atoms with Gasteiger partial charge in [-0.3, -0.25) is 14.9 Å². The summed E-state index contributed by atoms with van der Waals surface area (Å²) in [7, 11) is 0. The van der Waals surface area contributed by atoms with Crippen LogP contribution < -0.4 is 19.5 Å². The normalized spacial score (nSPS) is 19.9. The van der Waals surface area contributed by atoms with E-state index in [1.165, 1.54) is 18.2 Å². The van der Waals surface area contributed by atoms with Gasteiger partial charge in [-0.25, -0.2) is 0 Å². The monoisotopic (exact) mass is 577 g/mol. The summed E-state index contributed by atoms with van der Waals surface area (Å²) in [5.41, 5.74) is 2.38. The third-order valence-electron chi connectivity index (χ3n) is 7.34. The maximum absolute atomic E-state index is 14.0. The highest BCUT2D eigenvalue weighted by Gasteiger charge is 2.38. The number of nitrogens with one attached hydrogen (secondary N) is 1. The van der Waals surface area contributed by atoms with Gasteiger partial charge < -0.3 is 14.2 Å². The van der Waals surface area contributed by atoms with Crippen LogP contribution in [0, 0.1) is 20.8 Å². The first kappa shape index (κ1) is 29.8. The van der Waals surface area contributed by atoms with Crippen molar-refractivity contribution in [3.8, 4) is 17.2 Å². The SMILES string of the molecule is CCCCCOc1c(C)c(C)c2c(c1C)CCC(C)(COc1ccc(C=C3SC(=O)NC3=O)cc1C(F)(F)F)O2. The smallest absolute Gasteiger partial charge is 0.419 e. The molecule has 1 atom stereocenters. The van der Waals surface area contributed by atoms with E-state index in [-0.39, 0.29) is 22.8 Å². The Bertz CT molecular complexity index is 1350. The Kier molecular flexibility index (Phi) is 8.77. The number of fused-ring (bicyclic) bond motifs is 1. The molecule has 0 spiro atoms. The molecule has 0 aliphatic carbocycles. The second kappa shape index (κ2) is 11.8. The van der Waals surface area contributed by atoms with Gasteiger partial charge in [0.15, 0.2) is 0 Å². The number of ether oxygens (including phenoxy) is 3. The molecule has 0 aromatic heterocycles. The zero-order chi connectivity index (χ0) is 29.2. The van der Waals surface area contributed by atoms with Crippen LogP contribution in [0.1, 0.15) is 72.9 Å². The zero-order valence-electron chi connectivity index (χ0n) is 23.3. The third kappa shape index (κ3) is 6.43. The Morgan fingerprint density at radius 2 is 1.85 bits per heavy atom. The topological polar surface area (TPSA) is 73.9 Å². The second-order valence-corrected chi connectivity index (χ2v) is 11.5. The van der Waals surface area contributed by atoms with Crippen LogP contribution in [-0.4, -0.2) is 30.0 Å². The minimum Gasteiger partial charge on any atom is -0.493 e. The van der Waals surface area contributed by atoms with Crippen LogP contribution in [-0.2, 0) is 17.4 Å². The molecule has 2 aromatic carbocycles. The molecule has 1 unspecified atom stereocenters. The largest absolute Gasteiger partial charge is 0.493 e. The van der Waals surface area contributed by atoms with Gasteiger partial charge in [-0.15, -0.1) is 0 Å². The maximum Gasteiger partial charge on any atom is 0.419 e. The van der Waals surface area contributed by atoms with Gasteiger partial charge in [0.2, 0.25) is 0 Å². The number of imide groups is 1. The summed E-state index contributed by atoms with van der Waals surface area (Å²) in [6, 6.07) is 3.57. The van der Waals surface area contributed by atoms with Gasteiger partial charge in [0.25, 0.3) is 11.1 Å². The summed E-state index contributed by atoms with van der Waals surface area (Å²) < 4.78 is 60.2. The molecular weight excluding hydrogens is 543 g/mol. The molecule has 0 saturated carbocycles. The molecule has 40 heavy (non-hydrogen) atoms. The van der Waals surface area contributed by atoms with Crippen molar-refractivity contribution in [2.75, 3.05) is 13.2 Å². The number of alkyl halides is 3. The molecule has 2 aliphatic heterocycles. The highest BCUT2D eigenvalue weighted by Crippen LogP contribution is 2.44. The molecule has 0 radical (unpaired) electrons. The van der Waals surface area contributed by atoms with E-state index < -0.39 is 28.5 Å². The molecule has 6 nitrogen and oxygen atoms in total. The van der Waals surface area contributed by atoms with Gasteiger partial charge in [-0.05, 0) is 99.2 Å². The predicted molar refractivity (Wildman–Crippen MR) is 149 cm³/mol. The van der Waals surface area contributed by atoms with Crippen LogP contribution in [0.2, 0.25) is 0 Å². The molecule has 1 N–H and O–H groups in total. The van der Waals surface area contributed by atoms with E-state index in [4.69, 9.17) is 14.2 Å². The number of thioether (sulfide) groups is 1. The van der Waals surface area contributed by atoms with Gasteiger partial charge in [0, 0.05) is 5.56 Å². The van der Waals surface area contributed by atoms with Crippen molar-refractivity contribution in [2.45, 2.75) is 78.5 Å². The van der Waals surface area contributed by atoms with Crippen molar-refractivity contribution in [2.24, 2.45) is 0 Å². The fourth-order valence-corrected chi connectivity index (χ4v) is 5.60. The quantitative estimate of drug-likeness (QED) is 0.243. The molecule has 2 amide bonds. The van der Waals surface area contributed by atoms with E-state index in [1.807, 2.05) is 27.7 Å². The van der Waals surface area contributed by atoms with Crippen LogP contribution >= 0.6 is 11.8 Å². The Morgan fingerprint density at radius 1 is 1.10 bits per heavy atom. The highest BCUT2D eigenvalue weighted by atomic mass is 32.2. The van der Waals surface area contributed by atoms with Crippen molar-refractivity contribution in [1.29, 1.82) is 0 Å². The van der Waals surface area contributed by atoms with Gasteiger partial charge in [-0.2, -0.15) is 13.2 Å². The molecule has 216 valence electrons. The predicted octanol–water partition coefficient (Wildman–Crippen LogP) is 7.69. The van der Waals surface area contributed by atoms with E-state index in [2.05, 4.69) is 12.2 Å². The molecule has 4 rings (SSSR count). The lowest BCUT2D eigenvalue weighted by molar-refractivity contribution is -0.139. The number of halogens is 3. The first-order valence-electron chi connectivity index (χ1n) is 13.4. The Morgan fingerprint density at radius 3 is 2.50 bits per heavy atom. The Balaban J connectivity index is 1.53. The van der Waals surface area contributed by atoms with Crippen molar-refractivity contribution in [1.82, 2.24) is 5.32 Å². The van der Waals surface area contributed by atoms with Gasteiger partial charge in [0.1, 0.15) is 29.5 Å². The first-order valence-corrected chi connectivity index (χ1v) is 14.2. The van der Waals surface area contributed by atoms with Crippen molar-refractivity contribution >= 4 is 29.0 Å². The second-order valence-electron chi connectivity index (χ2n) is 10.5. The first-order chi connectivity index (χ1) is 18.8. The molecule has 1 saturated heterocycles. The van der Waals surface area contributed by atoms with Crippen molar-refractivity contribution in [3.05, 3.63) is 56.5 Å². The Labute approximate surface area is 236 Å². The number of benzene rings is 2. The molecule has 0 bridgehead atoms. The summed E-state index contributed by atoms with van der Waals surface area (Å²) in [6.45, 7) is 10.6. The van der Waals surface area contributed by atoms with Crippen LogP contribution in [0.5, 0.6) is 17.2 Å². The number of rotatable bonds is 9. The summed E-state index contributed by atoms with van der Waals surface area (Å²) in [6.07, 6.45) is 1.02. The summed E-state index contributed by atoms with van der Waals surface area (Å²) in [5.74, 6) is 0.666. The van der Waals surface area contributed by atoms with Gasteiger partial charge in [0.05, 0.1) is 17.1 Å². The van der Waals surface area contributed by atoms with Crippen molar-refractivity contribution in [3.63, 3.8) is 0 Å². The van der Waals surface area contributed by atoms with E-state index in [0.29, 0.717) is 31.2 Å². The number of hydrogen-bond acceptors (Lipinski definition) is 6. The standard InChI is InChI=1S/C30H34F3NO5S/c1-6-7-8-13-37-25-17(2)18(3)26-21(19(25)4)11-12-29(5,39-26)16-38-23-10-9-20(14-22(23)30(31,32)33)15-24-27(35)34-28(36)40-24/h9-10,14-15H,6-8,11-13,16H2,1-5H3,(H,34,35,36). The van der Waals surface area contributed by atoms with Crippen LogP contribution in [0.25, 0.3) is 6.08 Å². The number of hydrogen-bond donors (Lipinski definition) is 1.